The van der Waals surface area contributed by atoms with Gasteiger partial charge in [-0.2, -0.15) is 13.2 Å². The third-order valence-electron chi connectivity index (χ3n) is 3.91. The molecule has 5 nitrogen and oxygen atoms in total. The molecule has 8 heteroatoms. The third-order valence-corrected chi connectivity index (χ3v) is 3.91. The smallest absolute Gasteiger partial charge is 0.309 e. The molecule has 3 aromatic rings. The molecule has 3 rings (SSSR count). The number of hydrogen-bond donors (Lipinski definition) is 1. The highest BCUT2D eigenvalue weighted by Crippen LogP contribution is 2.32. The molecular weight excluding hydrogens is 357 g/mol. The van der Waals surface area contributed by atoms with E-state index in [2.05, 4.69) is 20.3 Å². The normalized spacial score (nSPS) is 12.4. The number of hydrogen-bond acceptors (Lipinski definition) is 4. The summed E-state index contributed by atoms with van der Waals surface area (Å²) < 4.78 is 38.8. The van der Waals surface area contributed by atoms with Crippen molar-refractivity contribution in [1.82, 2.24) is 15.0 Å². The molecule has 0 saturated heterocycles. The van der Waals surface area contributed by atoms with Crippen molar-refractivity contribution in [3.63, 3.8) is 0 Å². The van der Waals surface area contributed by atoms with Crippen LogP contribution in [0.25, 0.3) is 11.3 Å². The molecule has 1 N–H and O–H groups in total. The molecule has 27 heavy (non-hydrogen) atoms. The summed E-state index contributed by atoms with van der Waals surface area (Å²) in [5, 5.41) is 2.63. The summed E-state index contributed by atoms with van der Waals surface area (Å²) in [4.78, 5) is 24.6. The predicted octanol–water partition coefficient (Wildman–Crippen LogP) is 4.30. The lowest BCUT2D eigenvalue weighted by Crippen LogP contribution is -2.20. The largest absolute Gasteiger partial charge is 0.416 e. The number of anilines is 1. The van der Waals surface area contributed by atoms with E-state index in [1.165, 1.54) is 24.7 Å². The van der Waals surface area contributed by atoms with Crippen LogP contribution >= 0.6 is 0 Å². The molecule has 0 aliphatic carbocycles. The Hall–Kier alpha value is -3.29. The van der Waals surface area contributed by atoms with Crippen molar-refractivity contribution >= 4 is 11.7 Å². The van der Waals surface area contributed by atoms with Crippen molar-refractivity contribution in [1.29, 1.82) is 0 Å². The van der Waals surface area contributed by atoms with Gasteiger partial charge in [0.05, 0.1) is 29.1 Å². The second kappa shape index (κ2) is 7.53. The van der Waals surface area contributed by atoms with Crippen molar-refractivity contribution in [2.24, 2.45) is 0 Å². The van der Waals surface area contributed by atoms with Crippen LogP contribution < -0.4 is 5.32 Å². The minimum absolute atomic E-state index is 0.309. The number of carbonyl (C=O) groups excluding carboxylic acids is 1. The number of pyridine rings is 1. The molecule has 0 fully saturated rings. The van der Waals surface area contributed by atoms with Gasteiger partial charge < -0.3 is 5.32 Å². The number of carbonyl (C=O) groups is 1. The highest BCUT2D eigenvalue weighted by Gasteiger charge is 2.30. The van der Waals surface area contributed by atoms with Crippen LogP contribution in [0.2, 0.25) is 0 Å². The fourth-order valence-corrected chi connectivity index (χ4v) is 2.44. The molecule has 1 amide bonds. The lowest BCUT2D eigenvalue weighted by Gasteiger charge is -2.13. The zero-order valence-corrected chi connectivity index (χ0v) is 14.2. The molecule has 2 aromatic heterocycles. The van der Waals surface area contributed by atoms with Crippen LogP contribution in [0.3, 0.4) is 0 Å². The van der Waals surface area contributed by atoms with Gasteiger partial charge in [-0.1, -0.05) is 18.2 Å². The maximum absolute atomic E-state index is 12.9. The van der Waals surface area contributed by atoms with Crippen molar-refractivity contribution in [2.45, 2.75) is 19.0 Å². The van der Waals surface area contributed by atoms with E-state index < -0.39 is 17.7 Å². The lowest BCUT2D eigenvalue weighted by molar-refractivity contribution is -0.137. The van der Waals surface area contributed by atoms with Gasteiger partial charge in [-0.15, -0.1) is 0 Å². The Kier molecular flexibility index (Phi) is 5.16. The molecule has 0 aliphatic heterocycles. The van der Waals surface area contributed by atoms with Gasteiger partial charge in [0.25, 0.3) is 0 Å². The monoisotopic (exact) mass is 372 g/mol. The van der Waals surface area contributed by atoms with Gasteiger partial charge in [-0.25, -0.2) is 4.98 Å². The van der Waals surface area contributed by atoms with E-state index in [4.69, 9.17) is 0 Å². The third kappa shape index (κ3) is 4.46. The maximum Gasteiger partial charge on any atom is 0.416 e. The van der Waals surface area contributed by atoms with E-state index in [9.17, 15) is 18.0 Å². The predicted molar refractivity (Wildman–Crippen MR) is 93.8 cm³/mol. The summed E-state index contributed by atoms with van der Waals surface area (Å²) >= 11 is 0. The number of benzene rings is 1. The Morgan fingerprint density at radius 3 is 2.59 bits per heavy atom. The summed E-state index contributed by atoms with van der Waals surface area (Å²) in [6.07, 6.45) is -0.0827. The highest BCUT2D eigenvalue weighted by molar-refractivity contribution is 5.94. The van der Waals surface area contributed by atoms with Crippen LogP contribution in [-0.4, -0.2) is 20.9 Å². The Labute approximate surface area is 153 Å². The fraction of sp³-hybridized carbons (Fsp3) is 0.158. The van der Waals surface area contributed by atoms with Crippen LogP contribution in [0.4, 0.5) is 19.0 Å². The summed E-state index contributed by atoms with van der Waals surface area (Å²) in [6.45, 7) is 1.66. The van der Waals surface area contributed by atoms with Crippen molar-refractivity contribution < 1.29 is 18.0 Å². The average molecular weight is 372 g/mol. The summed E-state index contributed by atoms with van der Waals surface area (Å²) in [5.41, 5.74) is 0.373. The Bertz CT molecular complexity index is 945. The van der Waals surface area contributed by atoms with Crippen LogP contribution in [0.1, 0.15) is 24.1 Å². The first-order valence-corrected chi connectivity index (χ1v) is 8.06. The molecule has 0 saturated carbocycles. The lowest BCUT2D eigenvalue weighted by atomic mass is 10.0. The van der Waals surface area contributed by atoms with Gasteiger partial charge >= 0.3 is 6.18 Å². The number of rotatable bonds is 4. The highest BCUT2D eigenvalue weighted by atomic mass is 19.4. The Morgan fingerprint density at radius 1 is 1.11 bits per heavy atom. The maximum atomic E-state index is 12.9. The number of alkyl halides is 3. The first-order chi connectivity index (χ1) is 12.8. The number of aromatic nitrogens is 3. The van der Waals surface area contributed by atoms with E-state index in [-0.39, 0.29) is 5.91 Å². The van der Waals surface area contributed by atoms with Gasteiger partial charge in [0.2, 0.25) is 5.91 Å². The molecule has 0 spiro atoms. The SMILES string of the molecule is CC(C(=O)Nc1cnccn1)c1cccc(-c2cccc(C(F)(F)F)c2)n1. The number of nitrogens with one attached hydrogen (secondary N) is 1. The topological polar surface area (TPSA) is 67.8 Å². The number of halogens is 3. The van der Waals surface area contributed by atoms with Gasteiger partial charge in [0.1, 0.15) is 0 Å². The zero-order valence-electron chi connectivity index (χ0n) is 14.2. The molecule has 2 heterocycles. The first-order valence-electron chi connectivity index (χ1n) is 8.06. The molecule has 1 unspecified atom stereocenters. The molecule has 0 bridgehead atoms. The molecular formula is C19H15F3N4O. The van der Waals surface area contributed by atoms with Gasteiger partial charge in [0.15, 0.2) is 5.82 Å². The van der Waals surface area contributed by atoms with Crippen molar-refractivity contribution in [2.75, 3.05) is 5.32 Å². The standard InChI is InChI=1S/C19H15F3N4O/c1-12(18(27)26-17-11-23-8-9-24-17)15-6-3-7-16(25-15)13-4-2-5-14(10-13)19(20,21)22/h2-12H,1H3,(H,24,26,27). The van der Waals surface area contributed by atoms with Crippen LogP contribution in [0.15, 0.2) is 61.1 Å². The van der Waals surface area contributed by atoms with E-state index in [0.717, 1.165) is 12.1 Å². The number of amides is 1. The van der Waals surface area contributed by atoms with E-state index in [1.54, 1.807) is 31.2 Å². The fourth-order valence-electron chi connectivity index (χ4n) is 2.44. The average Bonchev–Trinajstić information content (AvgIpc) is 2.68. The van der Waals surface area contributed by atoms with E-state index in [1.807, 2.05) is 0 Å². The molecule has 0 aliphatic rings. The quantitative estimate of drug-likeness (QED) is 0.741. The molecule has 138 valence electrons. The van der Waals surface area contributed by atoms with Gasteiger partial charge in [-0.05, 0) is 31.2 Å². The summed E-state index contributed by atoms with van der Waals surface area (Å²) in [6, 6.07) is 9.83. The van der Waals surface area contributed by atoms with Crippen LogP contribution in [0, 0.1) is 0 Å². The van der Waals surface area contributed by atoms with Crippen LogP contribution in [-0.2, 0) is 11.0 Å². The molecule has 1 atom stereocenters. The Morgan fingerprint density at radius 2 is 1.89 bits per heavy atom. The second-order valence-corrected chi connectivity index (χ2v) is 5.83. The van der Waals surface area contributed by atoms with Crippen molar-refractivity contribution in [3.8, 4) is 11.3 Å². The minimum atomic E-state index is -4.43. The second-order valence-electron chi connectivity index (χ2n) is 5.83. The zero-order chi connectivity index (χ0) is 19.4. The molecule has 1 aromatic carbocycles. The molecule has 0 radical (unpaired) electrons. The Balaban J connectivity index is 1.84. The summed E-state index contributed by atoms with van der Waals surface area (Å²) in [7, 11) is 0. The van der Waals surface area contributed by atoms with Gasteiger partial charge in [0, 0.05) is 18.0 Å². The van der Waals surface area contributed by atoms with Crippen molar-refractivity contribution in [3.05, 3.63) is 72.3 Å². The van der Waals surface area contributed by atoms with Crippen LogP contribution in [0.5, 0.6) is 0 Å². The van der Waals surface area contributed by atoms with Gasteiger partial charge in [-0.3, -0.25) is 14.8 Å². The van der Waals surface area contributed by atoms with E-state index >= 15 is 0 Å². The number of nitrogens with zero attached hydrogens (tertiary/aromatic N) is 3. The first kappa shape index (κ1) is 18.5. The summed E-state index contributed by atoms with van der Waals surface area (Å²) in [5.74, 6) is -0.662. The minimum Gasteiger partial charge on any atom is -0.309 e. The van der Waals surface area contributed by atoms with E-state index in [0.29, 0.717) is 22.8 Å².